The molecule has 0 aliphatic carbocycles. The van der Waals surface area contributed by atoms with Crippen LogP contribution in [0.15, 0.2) is 36.5 Å². The molecule has 2 aliphatic rings. The highest BCUT2D eigenvalue weighted by Gasteiger charge is 2.34. The topological polar surface area (TPSA) is 19.4 Å². The summed E-state index contributed by atoms with van der Waals surface area (Å²) in [5, 5.41) is 1.25. The fourth-order valence-electron chi connectivity index (χ4n) is 3.98. The average molecular weight is 281 g/mol. The molecule has 0 saturated carbocycles. The zero-order valence-corrected chi connectivity index (χ0v) is 12.7. The van der Waals surface area contributed by atoms with E-state index in [-0.39, 0.29) is 0 Å². The molecule has 3 nitrogen and oxygen atoms in total. The first-order chi connectivity index (χ1) is 10.3. The van der Waals surface area contributed by atoms with Crippen molar-refractivity contribution in [2.75, 3.05) is 19.6 Å². The van der Waals surface area contributed by atoms with E-state index >= 15 is 0 Å². The van der Waals surface area contributed by atoms with Crippen LogP contribution in [0.1, 0.15) is 25.3 Å². The Balaban J connectivity index is 1.59. The van der Waals surface area contributed by atoms with E-state index in [1.807, 2.05) is 12.3 Å². The fourth-order valence-corrected chi connectivity index (χ4v) is 3.98. The summed E-state index contributed by atoms with van der Waals surface area (Å²) < 4.78 is 0. The summed E-state index contributed by atoms with van der Waals surface area (Å²) in [6.07, 6.45) is 4.65. The standard InChI is InChI=1S/C18H23N3/c1-14-11-20-10-4-8-17(20)13-21(14)12-16-6-2-5-15-7-3-9-19-18(15)16/h2-3,5-7,9,14,17H,4,8,10-13H2,1H3/t14-,17-/m1/s1. The Bertz CT molecular complexity index is 634. The van der Waals surface area contributed by atoms with Gasteiger partial charge in [-0.2, -0.15) is 0 Å². The van der Waals surface area contributed by atoms with Gasteiger partial charge in [0.25, 0.3) is 0 Å². The largest absolute Gasteiger partial charge is 0.298 e. The smallest absolute Gasteiger partial charge is 0.0746 e. The van der Waals surface area contributed by atoms with Crippen LogP contribution in [0, 0.1) is 0 Å². The minimum atomic E-state index is 0.637. The average Bonchev–Trinajstić information content (AvgIpc) is 2.95. The molecule has 0 amide bonds. The predicted octanol–water partition coefficient (Wildman–Crippen LogP) is 2.90. The van der Waals surface area contributed by atoms with E-state index in [4.69, 9.17) is 0 Å². The number of pyridine rings is 1. The Morgan fingerprint density at radius 2 is 2.10 bits per heavy atom. The van der Waals surface area contributed by atoms with E-state index in [0.717, 1.165) is 12.6 Å². The van der Waals surface area contributed by atoms with E-state index < -0.39 is 0 Å². The summed E-state index contributed by atoms with van der Waals surface area (Å²) >= 11 is 0. The summed E-state index contributed by atoms with van der Waals surface area (Å²) in [6.45, 7) is 7.14. The van der Waals surface area contributed by atoms with Gasteiger partial charge in [0, 0.05) is 43.3 Å². The minimum Gasteiger partial charge on any atom is -0.298 e. The first kappa shape index (κ1) is 13.2. The predicted molar refractivity (Wildman–Crippen MR) is 86.2 cm³/mol. The van der Waals surface area contributed by atoms with Gasteiger partial charge < -0.3 is 0 Å². The zero-order chi connectivity index (χ0) is 14.2. The van der Waals surface area contributed by atoms with Crippen molar-refractivity contribution in [2.24, 2.45) is 0 Å². The Kier molecular flexibility index (Phi) is 3.40. The van der Waals surface area contributed by atoms with Gasteiger partial charge in [0.2, 0.25) is 0 Å². The second-order valence-electron chi connectivity index (χ2n) is 6.56. The van der Waals surface area contributed by atoms with Gasteiger partial charge in [0.1, 0.15) is 0 Å². The number of nitrogens with zero attached hydrogens (tertiary/aromatic N) is 3. The van der Waals surface area contributed by atoms with Gasteiger partial charge in [0.15, 0.2) is 0 Å². The fraction of sp³-hybridized carbons (Fsp3) is 0.500. The van der Waals surface area contributed by atoms with Crippen molar-refractivity contribution in [3.63, 3.8) is 0 Å². The monoisotopic (exact) mass is 281 g/mol. The summed E-state index contributed by atoms with van der Waals surface area (Å²) in [6, 6.07) is 12.2. The first-order valence-electron chi connectivity index (χ1n) is 8.12. The quantitative estimate of drug-likeness (QED) is 0.844. The lowest BCUT2D eigenvalue weighted by molar-refractivity contribution is 0.0543. The van der Waals surface area contributed by atoms with Gasteiger partial charge >= 0.3 is 0 Å². The maximum Gasteiger partial charge on any atom is 0.0746 e. The highest BCUT2D eigenvalue weighted by atomic mass is 15.3. The molecule has 2 saturated heterocycles. The van der Waals surface area contributed by atoms with Crippen molar-refractivity contribution in [2.45, 2.75) is 38.4 Å². The van der Waals surface area contributed by atoms with Crippen LogP contribution in [0.5, 0.6) is 0 Å². The van der Waals surface area contributed by atoms with Crippen molar-refractivity contribution < 1.29 is 0 Å². The molecule has 1 aromatic heterocycles. The maximum absolute atomic E-state index is 4.60. The molecule has 110 valence electrons. The lowest BCUT2D eigenvalue weighted by Gasteiger charge is -2.42. The van der Waals surface area contributed by atoms with Crippen LogP contribution in [0.25, 0.3) is 10.9 Å². The number of para-hydroxylation sites is 1. The van der Waals surface area contributed by atoms with Crippen molar-refractivity contribution in [1.29, 1.82) is 0 Å². The van der Waals surface area contributed by atoms with Gasteiger partial charge in [-0.05, 0) is 37.9 Å². The van der Waals surface area contributed by atoms with Gasteiger partial charge in [-0.15, -0.1) is 0 Å². The number of aromatic nitrogens is 1. The molecule has 3 heterocycles. The van der Waals surface area contributed by atoms with Gasteiger partial charge in [-0.25, -0.2) is 0 Å². The molecular weight excluding hydrogens is 258 g/mol. The van der Waals surface area contributed by atoms with Crippen molar-refractivity contribution in [3.05, 3.63) is 42.1 Å². The SMILES string of the molecule is C[C@@H]1CN2CCC[C@@H]2CN1Cc1cccc2cccnc12. The first-order valence-corrected chi connectivity index (χ1v) is 8.12. The number of fused-ring (bicyclic) bond motifs is 2. The molecule has 0 radical (unpaired) electrons. The molecule has 2 fully saturated rings. The van der Waals surface area contributed by atoms with E-state index in [2.05, 4.69) is 46.0 Å². The van der Waals surface area contributed by atoms with Crippen LogP contribution < -0.4 is 0 Å². The molecule has 2 atom stereocenters. The Morgan fingerprint density at radius 1 is 1.19 bits per heavy atom. The van der Waals surface area contributed by atoms with Gasteiger partial charge in [-0.1, -0.05) is 24.3 Å². The molecular formula is C18H23N3. The van der Waals surface area contributed by atoms with Crippen molar-refractivity contribution in [1.82, 2.24) is 14.8 Å². The lowest BCUT2D eigenvalue weighted by atomic mass is 10.0. The number of piperazine rings is 1. The van der Waals surface area contributed by atoms with E-state index in [0.29, 0.717) is 6.04 Å². The number of rotatable bonds is 2. The molecule has 2 aliphatic heterocycles. The lowest BCUT2D eigenvalue weighted by Crippen LogP contribution is -2.54. The van der Waals surface area contributed by atoms with Crippen LogP contribution in [-0.2, 0) is 6.54 Å². The van der Waals surface area contributed by atoms with Crippen molar-refractivity contribution in [3.8, 4) is 0 Å². The van der Waals surface area contributed by atoms with Crippen LogP contribution in [0.3, 0.4) is 0 Å². The normalized spacial score (nSPS) is 27.1. The van der Waals surface area contributed by atoms with Crippen LogP contribution in [-0.4, -0.2) is 46.5 Å². The Morgan fingerprint density at radius 3 is 3.05 bits per heavy atom. The summed E-state index contributed by atoms with van der Waals surface area (Å²) in [7, 11) is 0. The second kappa shape index (κ2) is 5.39. The summed E-state index contributed by atoms with van der Waals surface area (Å²) in [5.41, 5.74) is 2.53. The molecule has 1 aromatic carbocycles. The zero-order valence-electron chi connectivity index (χ0n) is 12.7. The Labute approximate surface area is 126 Å². The highest BCUT2D eigenvalue weighted by Crippen LogP contribution is 2.27. The second-order valence-corrected chi connectivity index (χ2v) is 6.56. The molecule has 2 aromatic rings. The molecule has 4 rings (SSSR count). The molecule has 0 spiro atoms. The number of benzene rings is 1. The Hall–Kier alpha value is -1.45. The summed E-state index contributed by atoms with van der Waals surface area (Å²) in [4.78, 5) is 9.93. The maximum atomic E-state index is 4.60. The highest BCUT2D eigenvalue weighted by molar-refractivity contribution is 5.81. The van der Waals surface area contributed by atoms with E-state index in [1.54, 1.807) is 0 Å². The summed E-state index contributed by atoms with van der Waals surface area (Å²) in [5.74, 6) is 0. The van der Waals surface area contributed by atoms with Gasteiger partial charge in [0.05, 0.1) is 5.52 Å². The van der Waals surface area contributed by atoms with Crippen molar-refractivity contribution >= 4 is 10.9 Å². The van der Waals surface area contributed by atoms with E-state index in [1.165, 1.54) is 48.9 Å². The third-order valence-electron chi connectivity index (χ3n) is 5.16. The van der Waals surface area contributed by atoms with Gasteiger partial charge in [-0.3, -0.25) is 14.8 Å². The van der Waals surface area contributed by atoms with Crippen LogP contribution >= 0.6 is 0 Å². The molecule has 0 unspecified atom stereocenters. The van der Waals surface area contributed by atoms with Crippen LogP contribution in [0.2, 0.25) is 0 Å². The number of hydrogen-bond acceptors (Lipinski definition) is 3. The van der Waals surface area contributed by atoms with Crippen LogP contribution in [0.4, 0.5) is 0 Å². The molecule has 3 heteroatoms. The molecule has 0 N–H and O–H groups in total. The minimum absolute atomic E-state index is 0.637. The molecule has 0 bridgehead atoms. The number of hydrogen-bond donors (Lipinski definition) is 0. The third kappa shape index (κ3) is 2.45. The van der Waals surface area contributed by atoms with E-state index in [9.17, 15) is 0 Å². The third-order valence-corrected chi connectivity index (χ3v) is 5.16. The molecule has 21 heavy (non-hydrogen) atoms.